The molecule has 1 aromatic rings. The van der Waals surface area contributed by atoms with Gasteiger partial charge in [-0.2, -0.15) is 8.42 Å². The SMILES string of the molecule is CCCCCCCCCCC(C)c1ccc(S(=O)(=O)O)cc1.OCCN(CCO)CCO. The van der Waals surface area contributed by atoms with Gasteiger partial charge in [0.2, 0.25) is 0 Å². The Hall–Kier alpha value is -1.03. The number of rotatable bonds is 17. The number of aliphatic hydroxyl groups excluding tert-OH is 3. The van der Waals surface area contributed by atoms with Crippen molar-refractivity contribution in [2.24, 2.45) is 0 Å². The van der Waals surface area contributed by atoms with Gasteiger partial charge in [0.25, 0.3) is 10.1 Å². The van der Waals surface area contributed by atoms with E-state index in [0.717, 1.165) is 12.0 Å². The zero-order valence-electron chi connectivity index (χ0n) is 20.0. The number of aliphatic hydroxyl groups is 3. The molecule has 4 N–H and O–H groups in total. The van der Waals surface area contributed by atoms with Crippen molar-refractivity contribution in [2.75, 3.05) is 39.5 Å². The summed E-state index contributed by atoms with van der Waals surface area (Å²) in [5, 5.41) is 25.5. The standard InChI is InChI=1S/C18H30O3S.C6H15NO3/c1-3-4-5-6-7-8-9-10-11-16(2)17-12-14-18(15-13-17)22(19,20)21;8-4-1-7(2-5-9)3-6-10/h12-16H,3-11H2,1-2H3,(H,19,20,21);8-10H,1-6H2. The first kappa shape index (κ1) is 31.0. The van der Waals surface area contributed by atoms with E-state index in [1.54, 1.807) is 17.0 Å². The van der Waals surface area contributed by atoms with Crippen LogP contribution in [0.5, 0.6) is 0 Å². The average molecular weight is 476 g/mol. The highest BCUT2D eigenvalue weighted by Crippen LogP contribution is 2.23. The lowest BCUT2D eigenvalue weighted by atomic mass is 9.95. The summed E-state index contributed by atoms with van der Waals surface area (Å²) in [5.41, 5.74) is 1.13. The third-order valence-electron chi connectivity index (χ3n) is 5.49. The first-order chi connectivity index (χ1) is 15.3. The molecule has 0 saturated heterocycles. The van der Waals surface area contributed by atoms with Gasteiger partial charge in [-0.05, 0) is 30.0 Å². The Bertz CT molecular complexity index is 637. The molecule has 1 aromatic carbocycles. The third-order valence-corrected chi connectivity index (χ3v) is 6.35. The summed E-state index contributed by atoms with van der Waals surface area (Å²) in [5.74, 6) is 0.426. The summed E-state index contributed by atoms with van der Waals surface area (Å²) in [6.07, 6.45) is 11.7. The summed E-state index contributed by atoms with van der Waals surface area (Å²) >= 11 is 0. The van der Waals surface area contributed by atoms with Crippen LogP contribution in [0.2, 0.25) is 0 Å². The van der Waals surface area contributed by atoms with Crippen LogP contribution < -0.4 is 0 Å². The smallest absolute Gasteiger partial charge is 0.294 e. The van der Waals surface area contributed by atoms with Gasteiger partial charge in [-0.1, -0.05) is 77.3 Å². The van der Waals surface area contributed by atoms with E-state index >= 15 is 0 Å². The molecule has 1 atom stereocenters. The summed E-state index contributed by atoms with van der Waals surface area (Å²) in [4.78, 5) is 1.76. The predicted octanol–water partition coefficient (Wildman–Crippen LogP) is 3.83. The Kier molecular flexibility index (Phi) is 18.8. The fourth-order valence-electron chi connectivity index (χ4n) is 3.48. The second-order valence-electron chi connectivity index (χ2n) is 8.22. The van der Waals surface area contributed by atoms with Gasteiger partial charge < -0.3 is 15.3 Å². The van der Waals surface area contributed by atoms with Crippen molar-refractivity contribution in [1.82, 2.24) is 4.90 Å². The van der Waals surface area contributed by atoms with Crippen LogP contribution in [0.4, 0.5) is 0 Å². The molecule has 0 aliphatic rings. The molecule has 7 nitrogen and oxygen atoms in total. The predicted molar refractivity (Wildman–Crippen MR) is 130 cm³/mol. The topological polar surface area (TPSA) is 118 Å². The van der Waals surface area contributed by atoms with Gasteiger partial charge in [0.05, 0.1) is 24.7 Å². The maximum Gasteiger partial charge on any atom is 0.294 e. The minimum Gasteiger partial charge on any atom is -0.395 e. The van der Waals surface area contributed by atoms with Crippen molar-refractivity contribution in [3.63, 3.8) is 0 Å². The van der Waals surface area contributed by atoms with Gasteiger partial charge in [0.15, 0.2) is 0 Å². The summed E-state index contributed by atoms with van der Waals surface area (Å²) in [6, 6.07) is 6.57. The van der Waals surface area contributed by atoms with Gasteiger partial charge in [-0.3, -0.25) is 9.45 Å². The van der Waals surface area contributed by atoms with Crippen LogP contribution in [0.25, 0.3) is 0 Å². The molecule has 0 aliphatic heterocycles. The molecule has 0 amide bonds. The third kappa shape index (κ3) is 15.7. The quantitative estimate of drug-likeness (QED) is 0.200. The highest BCUT2D eigenvalue weighted by atomic mass is 32.2. The molecule has 188 valence electrons. The molecule has 0 aliphatic carbocycles. The number of nitrogens with zero attached hydrogens (tertiary/aromatic N) is 1. The highest BCUT2D eigenvalue weighted by Gasteiger charge is 2.11. The molecule has 0 saturated carbocycles. The molecule has 32 heavy (non-hydrogen) atoms. The van der Waals surface area contributed by atoms with Crippen LogP contribution in [-0.2, 0) is 10.1 Å². The summed E-state index contributed by atoms with van der Waals surface area (Å²) in [7, 11) is -4.08. The Morgan fingerprint density at radius 1 is 0.781 bits per heavy atom. The molecule has 0 aromatic heterocycles. The number of hydrogen-bond acceptors (Lipinski definition) is 6. The normalized spacial score (nSPS) is 12.5. The van der Waals surface area contributed by atoms with Crippen LogP contribution in [0.1, 0.15) is 83.1 Å². The monoisotopic (exact) mass is 475 g/mol. The molecule has 1 rings (SSSR count). The zero-order chi connectivity index (χ0) is 24.2. The minimum atomic E-state index is -4.08. The van der Waals surface area contributed by atoms with Gasteiger partial charge in [-0.25, -0.2) is 0 Å². The van der Waals surface area contributed by atoms with E-state index in [2.05, 4.69) is 13.8 Å². The molecule has 0 radical (unpaired) electrons. The second-order valence-corrected chi connectivity index (χ2v) is 9.64. The van der Waals surface area contributed by atoms with E-state index < -0.39 is 10.1 Å². The second kappa shape index (κ2) is 19.4. The Morgan fingerprint density at radius 3 is 1.62 bits per heavy atom. The largest absolute Gasteiger partial charge is 0.395 e. The molecule has 0 fully saturated rings. The van der Waals surface area contributed by atoms with Crippen LogP contribution in [0.15, 0.2) is 29.2 Å². The number of benzene rings is 1. The van der Waals surface area contributed by atoms with E-state index in [1.807, 2.05) is 0 Å². The maximum absolute atomic E-state index is 11.0. The van der Waals surface area contributed by atoms with Gasteiger partial charge >= 0.3 is 0 Å². The van der Waals surface area contributed by atoms with Crippen molar-refractivity contribution in [2.45, 2.75) is 82.4 Å². The highest BCUT2D eigenvalue weighted by molar-refractivity contribution is 7.85. The van der Waals surface area contributed by atoms with Crippen molar-refractivity contribution in [3.8, 4) is 0 Å². The summed E-state index contributed by atoms with van der Waals surface area (Å²) < 4.78 is 31.0. The lowest BCUT2D eigenvalue weighted by Crippen LogP contribution is -2.32. The number of hydrogen-bond donors (Lipinski definition) is 4. The molecule has 0 spiro atoms. The molecular formula is C24H45NO6S. The minimum absolute atomic E-state index is 0.0319. The van der Waals surface area contributed by atoms with E-state index in [4.69, 9.17) is 19.9 Å². The summed E-state index contributed by atoms with van der Waals surface area (Å²) in [6.45, 7) is 6.16. The van der Waals surface area contributed by atoms with E-state index in [0.29, 0.717) is 25.6 Å². The first-order valence-electron chi connectivity index (χ1n) is 11.9. The first-order valence-corrected chi connectivity index (χ1v) is 13.4. The van der Waals surface area contributed by atoms with Crippen molar-refractivity contribution < 1.29 is 28.3 Å². The van der Waals surface area contributed by atoms with E-state index in [-0.39, 0.29) is 24.7 Å². The molecule has 0 bridgehead atoms. The Balaban J connectivity index is 0.000000809. The van der Waals surface area contributed by atoms with Gasteiger partial charge in [-0.15, -0.1) is 0 Å². The molecule has 1 unspecified atom stereocenters. The van der Waals surface area contributed by atoms with Crippen LogP contribution in [-0.4, -0.2) is 72.6 Å². The van der Waals surface area contributed by atoms with Crippen molar-refractivity contribution in [3.05, 3.63) is 29.8 Å². The number of unbranched alkanes of at least 4 members (excludes halogenated alkanes) is 7. The molecule has 0 heterocycles. The maximum atomic E-state index is 11.0. The zero-order valence-corrected chi connectivity index (χ0v) is 20.8. The fraction of sp³-hybridized carbons (Fsp3) is 0.750. The van der Waals surface area contributed by atoms with Crippen LogP contribution >= 0.6 is 0 Å². The lowest BCUT2D eigenvalue weighted by molar-refractivity contribution is 0.136. The van der Waals surface area contributed by atoms with Crippen LogP contribution in [0.3, 0.4) is 0 Å². The van der Waals surface area contributed by atoms with Gasteiger partial charge in [0, 0.05) is 19.6 Å². The average Bonchev–Trinajstić information content (AvgIpc) is 2.76. The van der Waals surface area contributed by atoms with E-state index in [1.165, 1.54) is 63.5 Å². The lowest BCUT2D eigenvalue weighted by Gasteiger charge is -2.17. The fourth-order valence-corrected chi connectivity index (χ4v) is 3.96. The van der Waals surface area contributed by atoms with E-state index in [9.17, 15) is 8.42 Å². The Morgan fingerprint density at radius 2 is 1.22 bits per heavy atom. The molecular weight excluding hydrogens is 430 g/mol. The van der Waals surface area contributed by atoms with Crippen LogP contribution in [0, 0.1) is 0 Å². The van der Waals surface area contributed by atoms with Gasteiger partial charge in [0.1, 0.15) is 0 Å². The van der Waals surface area contributed by atoms with Crippen molar-refractivity contribution >= 4 is 10.1 Å². The van der Waals surface area contributed by atoms with Crippen molar-refractivity contribution in [1.29, 1.82) is 0 Å². The Labute approximate surface area is 195 Å². The molecule has 8 heteroatoms.